The van der Waals surface area contributed by atoms with Crippen LogP contribution in [-0.4, -0.2) is 11.7 Å². The van der Waals surface area contributed by atoms with Crippen molar-refractivity contribution >= 4 is 18.5 Å². The average Bonchev–Trinajstić information content (AvgIpc) is 2.06. The van der Waals surface area contributed by atoms with E-state index in [4.69, 9.17) is 0 Å². The minimum atomic E-state index is 0.873. The molecule has 1 heterocycles. The maximum absolute atomic E-state index is 3.97. The zero-order valence-corrected chi connectivity index (χ0v) is 6.49. The van der Waals surface area contributed by atoms with Crippen molar-refractivity contribution in [2.24, 2.45) is 4.99 Å². The molecule has 2 heteroatoms. The Labute approximate surface area is 66.3 Å². The Bertz CT molecular complexity index is 277. The van der Waals surface area contributed by atoms with E-state index in [0.29, 0.717) is 0 Å². The Morgan fingerprint density at radius 1 is 1.64 bits per heavy atom. The fourth-order valence-corrected chi connectivity index (χ4v) is 0.851. The molecule has 0 atom stereocenters. The first-order valence-electron chi connectivity index (χ1n) is 3.42. The van der Waals surface area contributed by atoms with E-state index in [2.05, 4.69) is 16.7 Å². The summed E-state index contributed by atoms with van der Waals surface area (Å²) in [5.41, 5.74) is 1.88. The summed E-state index contributed by atoms with van der Waals surface area (Å²) in [5.74, 6) is 0. The van der Waals surface area contributed by atoms with Crippen molar-refractivity contribution in [2.75, 3.05) is 0 Å². The van der Waals surface area contributed by atoms with Crippen LogP contribution in [0.1, 0.15) is 12.5 Å². The van der Waals surface area contributed by atoms with Gasteiger partial charge in [0.1, 0.15) is 0 Å². The quantitative estimate of drug-likeness (QED) is 0.588. The van der Waals surface area contributed by atoms with Crippen LogP contribution in [0.3, 0.4) is 0 Å². The Kier molecular flexibility index (Phi) is 2.55. The summed E-state index contributed by atoms with van der Waals surface area (Å²) in [6.07, 6.45) is 7.38. The van der Waals surface area contributed by atoms with Crippen molar-refractivity contribution in [3.63, 3.8) is 0 Å². The fraction of sp³-hybridized carbons (Fsp3) is 0.111. The summed E-state index contributed by atoms with van der Waals surface area (Å²) < 4.78 is 0. The van der Waals surface area contributed by atoms with Gasteiger partial charge in [0, 0.05) is 18.0 Å². The topological polar surface area (TPSA) is 25.2 Å². The van der Waals surface area contributed by atoms with Crippen molar-refractivity contribution in [2.45, 2.75) is 6.92 Å². The summed E-state index contributed by atoms with van der Waals surface area (Å²) in [4.78, 5) is 7.82. The lowest BCUT2D eigenvalue weighted by molar-refractivity contribution is 1.30. The zero-order chi connectivity index (χ0) is 8.10. The lowest BCUT2D eigenvalue weighted by Gasteiger charge is -1.95. The second-order valence-corrected chi connectivity index (χ2v) is 2.09. The van der Waals surface area contributed by atoms with Crippen molar-refractivity contribution in [1.82, 2.24) is 4.98 Å². The molecule has 0 saturated carbocycles. The molecule has 0 N–H and O–H groups in total. The summed E-state index contributed by atoms with van der Waals surface area (Å²) >= 11 is 0. The van der Waals surface area contributed by atoms with Crippen molar-refractivity contribution in [3.05, 3.63) is 30.1 Å². The van der Waals surface area contributed by atoms with E-state index in [1.165, 1.54) is 0 Å². The molecule has 1 aromatic rings. The predicted molar refractivity (Wildman–Crippen MR) is 48.2 cm³/mol. The first-order chi connectivity index (χ1) is 5.38. The van der Waals surface area contributed by atoms with Gasteiger partial charge >= 0.3 is 0 Å². The molecule has 56 valence electrons. The average molecular weight is 146 g/mol. The monoisotopic (exact) mass is 146 g/mol. The minimum absolute atomic E-state index is 0.873. The van der Waals surface area contributed by atoms with Gasteiger partial charge in [-0.3, -0.25) is 9.98 Å². The van der Waals surface area contributed by atoms with Crippen LogP contribution in [0.25, 0.3) is 6.08 Å². The van der Waals surface area contributed by atoms with Gasteiger partial charge < -0.3 is 0 Å². The largest absolute Gasteiger partial charge is 0.264 e. The van der Waals surface area contributed by atoms with Crippen LogP contribution < -0.4 is 0 Å². The number of hydrogen-bond donors (Lipinski definition) is 0. The number of aromatic nitrogens is 1. The third kappa shape index (κ3) is 1.74. The van der Waals surface area contributed by atoms with E-state index in [-0.39, 0.29) is 0 Å². The third-order valence-corrected chi connectivity index (χ3v) is 1.34. The third-order valence-electron chi connectivity index (χ3n) is 1.34. The lowest BCUT2D eigenvalue weighted by atomic mass is 10.2. The molecular formula is C9H10N2. The van der Waals surface area contributed by atoms with Gasteiger partial charge in [-0.1, -0.05) is 12.2 Å². The summed E-state index contributed by atoms with van der Waals surface area (Å²) in [5, 5.41) is 0. The van der Waals surface area contributed by atoms with Crippen molar-refractivity contribution in [3.8, 4) is 0 Å². The van der Waals surface area contributed by atoms with Crippen LogP contribution in [0, 0.1) is 0 Å². The molecule has 1 rings (SSSR count). The van der Waals surface area contributed by atoms with Crippen LogP contribution in [0.4, 0.5) is 5.69 Å². The summed E-state index contributed by atoms with van der Waals surface area (Å²) in [6, 6.07) is 1.84. The first kappa shape index (κ1) is 7.66. The maximum atomic E-state index is 3.97. The molecule has 0 aliphatic rings. The van der Waals surface area contributed by atoms with Crippen LogP contribution in [0.15, 0.2) is 29.5 Å². The summed E-state index contributed by atoms with van der Waals surface area (Å²) in [7, 11) is 0. The number of rotatable bonds is 2. The molecule has 0 spiro atoms. The van der Waals surface area contributed by atoms with Crippen LogP contribution in [-0.2, 0) is 0 Å². The van der Waals surface area contributed by atoms with E-state index in [0.717, 1.165) is 11.3 Å². The van der Waals surface area contributed by atoms with Gasteiger partial charge in [0.25, 0.3) is 0 Å². The Morgan fingerprint density at radius 2 is 2.45 bits per heavy atom. The molecular weight excluding hydrogens is 136 g/mol. The van der Waals surface area contributed by atoms with Crippen LogP contribution in [0.2, 0.25) is 0 Å². The van der Waals surface area contributed by atoms with Gasteiger partial charge in [-0.15, -0.1) is 0 Å². The highest BCUT2D eigenvalue weighted by molar-refractivity contribution is 5.64. The zero-order valence-electron chi connectivity index (χ0n) is 6.49. The molecule has 0 fully saturated rings. The normalized spacial score (nSPS) is 10.3. The highest BCUT2D eigenvalue weighted by Gasteiger charge is 1.92. The maximum Gasteiger partial charge on any atom is 0.0725 e. The minimum Gasteiger partial charge on any atom is -0.264 e. The molecule has 1 aromatic heterocycles. The second kappa shape index (κ2) is 3.66. The highest BCUT2D eigenvalue weighted by Crippen LogP contribution is 2.17. The molecule has 11 heavy (non-hydrogen) atoms. The smallest absolute Gasteiger partial charge is 0.0725 e. The van der Waals surface area contributed by atoms with Crippen LogP contribution >= 0.6 is 0 Å². The van der Waals surface area contributed by atoms with Gasteiger partial charge in [-0.2, -0.15) is 0 Å². The van der Waals surface area contributed by atoms with E-state index >= 15 is 0 Å². The molecule has 0 bridgehead atoms. The van der Waals surface area contributed by atoms with Crippen molar-refractivity contribution < 1.29 is 0 Å². The number of nitrogens with zero attached hydrogens (tertiary/aromatic N) is 2. The van der Waals surface area contributed by atoms with Gasteiger partial charge in [0.05, 0.1) is 5.69 Å². The van der Waals surface area contributed by atoms with E-state index < -0.39 is 0 Å². The molecule has 0 aromatic carbocycles. The molecule has 0 aliphatic heterocycles. The van der Waals surface area contributed by atoms with Crippen molar-refractivity contribution in [1.29, 1.82) is 0 Å². The van der Waals surface area contributed by atoms with E-state index in [1.807, 2.05) is 25.1 Å². The van der Waals surface area contributed by atoms with Crippen LogP contribution in [0.5, 0.6) is 0 Å². The first-order valence-corrected chi connectivity index (χ1v) is 3.42. The Hall–Kier alpha value is -1.44. The standard InChI is InChI=1S/C9H10N2/c1-3-4-8-7-11-6-5-9(8)10-2/h3-7H,2H2,1H3/b4-3-. The van der Waals surface area contributed by atoms with Gasteiger partial charge in [0.2, 0.25) is 0 Å². The molecule has 2 nitrogen and oxygen atoms in total. The number of pyridine rings is 1. The number of hydrogen-bond acceptors (Lipinski definition) is 2. The lowest BCUT2D eigenvalue weighted by Crippen LogP contribution is -1.75. The SMILES string of the molecule is C=Nc1ccncc1/C=C\C. The van der Waals surface area contributed by atoms with E-state index in [9.17, 15) is 0 Å². The molecule has 0 radical (unpaired) electrons. The second-order valence-electron chi connectivity index (χ2n) is 2.09. The van der Waals surface area contributed by atoms with Gasteiger partial charge in [-0.25, -0.2) is 0 Å². The van der Waals surface area contributed by atoms with E-state index in [1.54, 1.807) is 12.4 Å². The van der Waals surface area contributed by atoms with Gasteiger partial charge in [-0.05, 0) is 19.7 Å². The fourth-order valence-electron chi connectivity index (χ4n) is 0.851. The van der Waals surface area contributed by atoms with Gasteiger partial charge in [0.15, 0.2) is 0 Å². The molecule has 0 amide bonds. The Balaban J connectivity index is 3.11. The molecule has 0 saturated heterocycles. The Morgan fingerprint density at radius 3 is 3.09 bits per heavy atom. The number of allylic oxidation sites excluding steroid dienone is 1. The highest BCUT2D eigenvalue weighted by atomic mass is 14.7. The molecule has 0 unspecified atom stereocenters. The molecule has 0 aliphatic carbocycles. The summed E-state index contributed by atoms with van der Waals surface area (Å²) in [6.45, 7) is 5.42. The number of aliphatic imine (C=N–C) groups is 1. The predicted octanol–water partition coefficient (Wildman–Crippen LogP) is 2.45.